The maximum absolute atomic E-state index is 14.6. The lowest BCUT2D eigenvalue weighted by atomic mass is 9.94. The van der Waals surface area contributed by atoms with Gasteiger partial charge in [0.2, 0.25) is 0 Å². The van der Waals surface area contributed by atoms with Gasteiger partial charge in [-0.15, -0.1) is 0 Å². The minimum Gasteiger partial charge on any atom is -0.462 e. The van der Waals surface area contributed by atoms with Gasteiger partial charge in [-0.3, -0.25) is 33.0 Å². The molecule has 42 heavy (non-hydrogen) atoms. The minimum atomic E-state index is -4.65. The third-order valence-electron chi connectivity index (χ3n) is 7.07. The molecule has 1 aromatic rings. The topological polar surface area (TPSA) is 216 Å². The zero-order valence-electron chi connectivity index (χ0n) is 24.0. The molecule has 5 N–H and O–H groups in total. The zero-order chi connectivity index (χ0) is 31.9. The van der Waals surface area contributed by atoms with Crippen molar-refractivity contribution in [3.05, 3.63) is 33.1 Å². The Kier molecular flexibility index (Phi) is 10.0. The van der Waals surface area contributed by atoms with E-state index in [0.717, 1.165) is 35.5 Å². The molecule has 0 radical (unpaired) electrons. The van der Waals surface area contributed by atoms with E-state index in [2.05, 4.69) is 5.09 Å². The lowest BCUT2D eigenvalue weighted by Crippen LogP contribution is -2.51. The van der Waals surface area contributed by atoms with E-state index in [1.165, 1.54) is 20.8 Å². The lowest BCUT2D eigenvalue weighted by molar-refractivity contribution is -0.165. The van der Waals surface area contributed by atoms with Crippen molar-refractivity contribution in [2.45, 2.75) is 82.8 Å². The van der Waals surface area contributed by atoms with E-state index in [9.17, 15) is 43.5 Å². The van der Waals surface area contributed by atoms with Crippen LogP contribution in [0, 0.1) is 5.41 Å². The Bertz CT molecular complexity index is 1350. The number of aliphatic hydroxyl groups is 3. The number of nitrogens with one attached hydrogen (secondary N) is 2. The first-order valence-corrected chi connectivity index (χ1v) is 15.5. The molecule has 0 aromatic carbocycles. The van der Waals surface area contributed by atoms with Crippen molar-refractivity contribution in [3.63, 3.8) is 0 Å². The summed E-state index contributed by atoms with van der Waals surface area (Å²) in [7, 11) is -4.65. The highest BCUT2D eigenvalue weighted by Gasteiger charge is 2.93. The van der Waals surface area contributed by atoms with E-state index < -0.39 is 91.5 Å². The Morgan fingerprint density at radius 3 is 2.48 bits per heavy atom. The normalized spacial score (nSPS) is 30.9. The highest BCUT2D eigenvalue weighted by atomic mass is 32.2. The smallest absolute Gasteiger partial charge is 0.406 e. The highest BCUT2D eigenvalue weighted by Crippen LogP contribution is 2.71. The molecule has 1 aromatic heterocycles. The van der Waals surface area contributed by atoms with Crippen molar-refractivity contribution in [2.75, 3.05) is 25.6 Å². The van der Waals surface area contributed by atoms with Crippen molar-refractivity contribution in [1.29, 1.82) is 0 Å². The van der Waals surface area contributed by atoms with E-state index in [1.54, 1.807) is 13.8 Å². The largest absolute Gasteiger partial charge is 0.462 e. The zero-order valence-corrected chi connectivity index (χ0v) is 25.7. The average Bonchev–Trinajstić information content (AvgIpc) is 3.34. The molecule has 2 aliphatic rings. The number of hydrogen-bond acceptors (Lipinski definition) is 13. The summed E-state index contributed by atoms with van der Waals surface area (Å²) >= 11 is 0.785. The number of aromatic amines is 1. The van der Waals surface area contributed by atoms with Crippen LogP contribution < -0.4 is 16.3 Å². The fraction of sp³-hybridized carbons (Fsp3) is 0.750. The standard InChI is InChI=1S/C24H37FN3O12PS/c1-13(2)38-16(31)14(3)27-41(36,37-9-10-42-19(32)21(4,5)12-29)40-17-23(11-25)24(17,35)22(6,34)18(39-23)28-8-7-15(30)26-20(28)33/h7-8,13-14,17-18,29,34-35H,9-12H2,1-6H3,(H,27,36)(H,26,30,33)/t14-,17?,18+,22-,23+,24-,41?/m0/s1. The number of thioether (sulfide) groups is 1. The van der Waals surface area contributed by atoms with Crippen LogP contribution in [0.2, 0.25) is 0 Å². The molecule has 2 heterocycles. The van der Waals surface area contributed by atoms with Gasteiger partial charge in [0.1, 0.15) is 24.4 Å². The fourth-order valence-corrected chi connectivity index (χ4v) is 7.16. The van der Waals surface area contributed by atoms with Gasteiger partial charge in [-0.2, -0.15) is 0 Å². The van der Waals surface area contributed by atoms with Crippen molar-refractivity contribution in [1.82, 2.24) is 14.6 Å². The van der Waals surface area contributed by atoms with E-state index in [0.29, 0.717) is 0 Å². The van der Waals surface area contributed by atoms with Crippen LogP contribution in [-0.4, -0.2) is 96.6 Å². The second kappa shape index (κ2) is 12.2. The second-order valence-corrected chi connectivity index (χ2v) is 14.0. The molecule has 1 saturated heterocycles. The van der Waals surface area contributed by atoms with E-state index >= 15 is 0 Å². The first-order valence-electron chi connectivity index (χ1n) is 13.0. The number of nitrogens with zero attached hydrogens (tertiary/aromatic N) is 1. The van der Waals surface area contributed by atoms with Gasteiger partial charge in [0.05, 0.1) is 24.7 Å². The number of esters is 1. The molecule has 7 atom stereocenters. The van der Waals surface area contributed by atoms with Crippen LogP contribution in [0.15, 0.2) is 21.9 Å². The van der Waals surface area contributed by atoms with Gasteiger partial charge in [-0.1, -0.05) is 11.8 Å². The van der Waals surface area contributed by atoms with Gasteiger partial charge in [0.25, 0.3) is 5.56 Å². The number of aliphatic hydroxyl groups excluding tert-OH is 1. The highest BCUT2D eigenvalue weighted by molar-refractivity contribution is 8.13. The van der Waals surface area contributed by atoms with Crippen LogP contribution in [0.5, 0.6) is 0 Å². The number of aromatic nitrogens is 2. The Labute approximate surface area is 244 Å². The molecule has 3 rings (SSSR count). The van der Waals surface area contributed by atoms with Gasteiger partial charge in [-0.05, 0) is 41.5 Å². The maximum Gasteiger partial charge on any atom is 0.406 e. The molecule has 15 nitrogen and oxygen atoms in total. The number of alkyl halides is 1. The summed E-state index contributed by atoms with van der Waals surface area (Å²) < 4.78 is 50.9. The number of ether oxygens (including phenoxy) is 2. The first-order chi connectivity index (χ1) is 19.3. The summed E-state index contributed by atoms with van der Waals surface area (Å²) in [5.41, 5.74) is -10.1. The number of carbonyl (C=O) groups excluding carboxylic acids is 2. The Morgan fingerprint density at radius 1 is 1.31 bits per heavy atom. The van der Waals surface area contributed by atoms with E-state index in [-0.39, 0.29) is 10.9 Å². The summed E-state index contributed by atoms with van der Waals surface area (Å²) in [6.07, 6.45) is -3.04. The van der Waals surface area contributed by atoms with Crippen molar-refractivity contribution < 1.29 is 52.4 Å². The number of fused-ring (bicyclic) bond motifs is 1. The molecular weight excluding hydrogens is 604 g/mol. The van der Waals surface area contributed by atoms with Crippen LogP contribution >= 0.6 is 19.5 Å². The molecule has 1 aliphatic carbocycles. The number of rotatable bonds is 14. The Morgan fingerprint density at radius 2 is 1.95 bits per heavy atom. The van der Waals surface area contributed by atoms with Crippen molar-refractivity contribution in [2.24, 2.45) is 5.41 Å². The fourth-order valence-electron chi connectivity index (χ4n) is 4.52. The van der Waals surface area contributed by atoms with Crippen LogP contribution in [0.3, 0.4) is 0 Å². The lowest BCUT2D eigenvalue weighted by Gasteiger charge is -2.33. The third kappa shape index (κ3) is 6.16. The number of hydrogen-bond donors (Lipinski definition) is 5. The number of halogens is 1. The summed E-state index contributed by atoms with van der Waals surface area (Å²) in [5.74, 6) is -0.890. The molecular formula is C24H37FN3O12PS. The van der Waals surface area contributed by atoms with Gasteiger partial charge in [-0.25, -0.2) is 18.8 Å². The summed E-state index contributed by atoms with van der Waals surface area (Å²) in [6.45, 7) is 6.32. The molecule has 2 unspecified atom stereocenters. The summed E-state index contributed by atoms with van der Waals surface area (Å²) in [5, 5.41) is 34.2. The van der Waals surface area contributed by atoms with E-state index in [1.807, 2.05) is 4.98 Å². The molecule has 0 spiro atoms. The SMILES string of the molecule is CC(C)OC(=O)[C@H](C)NP(=O)(OCCSC(=O)C(C)(C)CO)OC1[C@]2(O)[C@@](C)(O)[C@H](n3ccc(=O)[nH]c3=O)O[C@]12CF. The van der Waals surface area contributed by atoms with Crippen LogP contribution in [-0.2, 0) is 32.7 Å². The van der Waals surface area contributed by atoms with Gasteiger partial charge in [0, 0.05) is 18.0 Å². The molecule has 2 fully saturated rings. The van der Waals surface area contributed by atoms with Crippen molar-refractivity contribution >= 4 is 30.6 Å². The molecule has 18 heteroatoms. The second-order valence-electron chi connectivity index (χ2n) is 11.3. The monoisotopic (exact) mass is 641 g/mol. The summed E-state index contributed by atoms with van der Waals surface area (Å²) in [6, 6.07) is -0.330. The molecule has 238 valence electrons. The molecule has 1 aliphatic heterocycles. The predicted octanol–water partition coefficient (Wildman–Crippen LogP) is -0.0127. The van der Waals surface area contributed by atoms with Crippen LogP contribution in [0.25, 0.3) is 0 Å². The molecule has 0 bridgehead atoms. The summed E-state index contributed by atoms with van der Waals surface area (Å²) in [4.78, 5) is 50.5. The third-order valence-corrected chi connectivity index (χ3v) is 9.97. The van der Waals surface area contributed by atoms with Crippen LogP contribution in [0.4, 0.5) is 4.39 Å². The van der Waals surface area contributed by atoms with Crippen LogP contribution in [0.1, 0.15) is 47.8 Å². The quantitative estimate of drug-likeness (QED) is 0.103. The van der Waals surface area contributed by atoms with Gasteiger partial charge < -0.3 is 24.8 Å². The average molecular weight is 642 g/mol. The minimum absolute atomic E-state index is 0.0588. The predicted molar refractivity (Wildman–Crippen MR) is 146 cm³/mol. The number of carbonyl (C=O) groups is 2. The van der Waals surface area contributed by atoms with Gasteiger partial charge >= 0.3 is 19.4 Å². The maximum atomic E-state index is 14.6. The van der Waals surface area contributed by atoms with E-state index in [4.69, 9.17) is 18.5 Å². The Balaban J connectivity index is 1.85. The van der Waals surface area contributed by atoms with Crippen molar-refractivity contribution in [3.8, 4) is 0 Å². The number of H-pyrrole nitrogens is 1. The Hall–Kier alpha value is -1.95. The molecule has 0 amide bonds. The molecule has 1 saturated carbocycles. The van der Waals surface area contributed by atoms with Gasteiger partial charge in [0.15, 0.2) is 22.5 Å². The first kappa shape index (κ1) is 34.5.